The Morgan fingerprint density at radius 2 is 2.08 bits per heavy atom. The molecule has 3 aromatic heterocycles. The monoisotopic (exact) mass is 537 g/mol. The Bertz CT molecular complexity index is 1360. The van der Waals surface area contributed by atoms with E-state index < -0.39 is 29.0 Å². The highest BCUT2D eigenvalue weighted by Crippen LogP contribution is 2.32. The van der Waals surface area contributed by atoms with Crippen LogP contribution < -0.4 is 20.5 Å². The van der Waals surface area contributed by atoms with E-state index in [4.69, 9.17) is 9.47 Å². The van der Waals surface area contributed by atoms with Crippen molar-refractivity contribution in [2.75, 3.05) is 44.1 Å². The summed E-state index contributed by atoms with van der Waals surface area (Å²) in [5, 5.41) is 10.1. The van der Waals surface area contributed by atoms with Crippen LogP contribution in [0.3, 0.4) is 0 Å². The summed E-state index contributed by atoms with van der Waals surface area (Å²) < 4.78 is 51.0. The highest BCUT2D eigenvalue weighted by Gasteiger charge is 2.33. The SMILES string of the molecule is COCCOc1n[nH]c2ncc(N3CC[C@@H](N(C)C(=O)Nc4cc(C(F)(F)F)cn(C)c4=O)C[C@H]3C)cc12. The van der Waals surface area contributed by atoms with Gasteiger partial charge in [-0.05, 0) is 31.9 Å². The molecule has 0 bridgehead atoms. The summed E-state index contributed by atoms with van der Waals surface area (Å²) in [6.45, 7) is 3.41. The third-order valence-electron chi connectivity index (χ3n) is 6.69. The molecule has 1 aliphatic rings. The molecule has 11 nitrogen and oxygen atoms in total. The lowest BCUT2D eigenvalue weighted by molar-refractivity contribution is -0.138. The van der Waals surface area contributed by atoms with E-state index in [-0.39, 0.29) is 12.1 Å². The summed E-state index contributed by atoms with van der Waals surface area (Å²) in [6, 6.07) is 1.80. The summed E-state index contributed by atoms with van der Waals surface area (Å²) in [6.07, 6.45) is -0.996. The molecule has 4 heterocycles. The Hall–Kier alpha value is -3.81. The first-order valence-electron chi connectivity index (χ1n) is 12.0. The van der Waals surface area contributed by atoms with E-state index in [1.54, 1.807) is 20.4 Å². The maximum absolute atomic E-state index is 13.2. The van der Waals surface area contributed by atoms with Crippen molar-refractivity contribution in [1.82, 2.24) is 24.6 Å². The quantitative estimate of drug-likeness (QED) is 0.445. The second-order valence-electron chi connectivity index (χ2n) is 9.28. The number of carbonyl (C=O) groups excluding carboxylic acids is 1. The number of H-pyrrole nitrogens is 1. The second kappa shape index (κ2) is 10.9. The van der Waals surface area contributed by atoms with Gasteiger partial charge in [0.25, 0.3) is 5.56 Å². The molecule has 206 valence electrons. The van der Waals surface area contributed by atoms with Gasteiger partial charge in [0.05, 0.1) is 29.4 Å². The summed E-state index contributed by atoms with van der Waals surface area (Å²) in [4.78, 5) is 33.3. The molecule has 0 spiro atoms. The van der Waals surface area contributed by atoms with Crippen LogP contribution in [0.4, 0.5) is 29.3 Å². The van der Waals surface area contributed by atoms with E-state index in [0.29, 0.717) is 56.4 Å². The molecule has 0 aromatic carbocycles. The van der Waals surface area contributed by atoms with Gasteiger partial charge in [0.15, 0.2) is 5.65 Å². The van der Waals surface area contributed by atoms with E-state index >= 15 is 0 Å². The number of fused-ring (bicyclic) bond motifs is 1. The Kier molecular flexibility index (Phi) is 7.81. The average Bonchev–Trinajstić information content (AvgIpc) is 3.27. The van der Waals surface area contributed by atoms with Gasteiger partial charge in [-0.25, -0.2) is 9.78 Å². The number of methoxy groups -OCH3 is 1. The summed E-state index contributed by atoms with van der Waals surface area (Å²) in [5.74, 6) is 0.436. The maximum atomic E-state index is 13.2. The number of nitrogens with one attached hydrogen (secondary N) is 2. The number of ether oxygens (including phenoxy) is 2. The molecule has 0 unspecified atom stereocenters. The molecule has 3 aromatic rings. The number of aromatic nitrogens is 4. The number of alkyl halides is 3. The average molecular weight is 538 g/mol. The minimum absolute atomic E-state index is 0.0226. The number of anilines is 2. The van der Waals surface area contributed by atoms with Gasteiger partial charge in [-0.2, -0.15) is 13.2 Å². The Morgan fingerprint density at radius 1 is 1.32 bits per heavy atom. The summed E-state index contributed by atoms with van der Waals surface area (Å²) in [7, 11) is 4.37. The summed E-state index contributed by atoms with van der Waals surface area (Å²) >= 11 is 0. The van der Waals surface area contributed by atoms with Gasteiger partial charge in [0, 0.05) is 46.0 Å². The van der Waals surface area contributed by atoms with Gasteiger partial charge < -0.3 is 29.2 Å². The van der Waals surface area contributed by atoms with Crippen molar-refractivity contribution < 1.29 is 27.4 Å². The van der Waals surface area contributed by atoms with Crippen LogP contribution >= 0.6 is 0 Å². The van der Waals surface area contributed by atoms with Gasteiger partial charge in [-0.1, -0.05) is 0 Å². The Labute approximate surface area is 216 Å². The molecule has 1 saturated heterocycles. The number of piperidine rings is 1. The third kappa shape index (κ3) is 5.69. The lowest BCUT2D eigenvalue weighted by atomic mass is 9.96. The number of hydrogen-bond acceptors (Lipinski definition) is 7. The first-order chi connectivity index (χ1) is 18.0. The topological polar surface area (TPSA) is 118 Å². The minimum Gasteiger partial charge on any atom is -0.474 e. The molecule has 4 rings (SSSR count). The molecule has 38 heavy (non-hydrogen) atoms. The minimum atomic E-state index is -4.65. The molecule has 0 radical (unpaired) electrons. The van der Waals surface area contributed by atoms with E-state index in [0.717, 1.165) is 15.6 Å². The fourth-order valence-corrected chi connectivity index (χ4v) is 4.57. The van der Waals surface area contributed by atoms with Crippen molar-refractivity contribution in [2.45, 2.75) is 38.0 Å². The fraction of sp³-hybridized carbons (Fsp3) is 0.500. The van der Waals surface area contributed by atoms with Gasteiger partial charge in [0.1, 0.15) is 12.3 Å². The molecule has 2 amide bonds. The maximum Gasteiger partial charge on any atom is 0.417 e. The van der Waals surface area contributed by atoms with Gasteiger partial charge in [-0.3, -0.25) is 9.89 Å². The highest BCUT2D eigenvalue weighted by atomic mass is 19.4. The number of amides is 2. The zero-order valence-corrected chi connectivity index (χ0v) is 21.5. The van der Waals surface area contributed by atoms with Crippen LogP contribution in [0.1, 0.15) is 25.3 Å². The standard InChI is InChI=1S/C24H30F3N7O4/c1-14-9-16(33(3)23(36)29-19-10-15(24(25,26)27)13-32(2)22(19)35)5-6-34(14)17-11-18-20(28-12-17)30-31-21(18)38-8-7-37-4/h10-14,16H,5-9H2,1-4H3,(H,29,36)(H,28,30,31)/t14-,16-/m1/s1. The smallest absolute Gasteiger partial charge is 0.417 e. The van der Waals surface area contributed by atoms with Gasteiger partial charge in [-0.15, -0.1) is 5.10 Å². The van der Waals surface area contributed by atoms with E-state index in [2.05, 4.69) is 25.4 Å². The van der Waals surface area contributed by atoms with Crippen LogP contribution in [-0.4, -0.2) is 76.7 Å². The molecular weight excluding hydrogens is 507 g/mol. The van der Waals surface area contributed by atoms with Crippen molar-refractivity contribution in [3.8, 4) is 5.88 Å². The van der Waals surface area contributed by atoms with Gasteiger partial charge in [0.2, 0.25) is 5.88 Å². The van der Waals surface area contributed by atoms with Crippen LogP contribution in [-0.2, 0) is 18.0 Å². The Morgan fingerprint density at radius 3 is 2.76 bits per heavy atom. The molecule has 1 fully saturated rings. The fourth-order valence-electron chi connectivity index (χ4n) is 4.57. The first kappa shape index (κ1) is 27.2. The Balaban J connectivity index is 1.44. The highest BCUT2D eigenvalue weighted by molar-refractivity contribution is 5.89. The number of rotatable bonds is 7. The predicted molar refractivity (Wildman–Crippen MR) is 135 cm³/mol. The number of pyridine rings is 2. The number of halogens is 3. The molecule has 0 saturated carbocycles. The third-order valence-corrected chi connectivity index (χ3v) is 6.69. The predicted octanol–water partition coefficient (Wildman–Crippen LogP) is 3.22. The zero-order valence-electron chi connectivity index (χ0n) is 21.5. The van der Waals surface area contributed by atoms with Crippen molar-refractivity contribution in [3.63, 3.8) is 0 Å². The van der Waals surface area contributed by atoms with Gasteiger partial charge >= 0.3 is 12.2 Å². The molecule has 2 N–H and O–H groups in total. The molecule has 14 heteroatoms. The van der Waals surface area contributed by atoms with Crippen molar-refractivity contribution >= 4 is 28.4 Å². The zero-order chi connectivity index (χ0) is 27.6. The van der Waals surface area contributed by atoms with E-state index in [1.165, 1.54) is 11.9 Å². The lowest BCUT2D eigenvalue weighted by Crippen LogP contribution is -2.50. The van der Waals surface area contributed by atoms with Crippen molar-refractivity contribution in [2.24, 2.45) is 7.05 Å². The lowest BCUT2D eigenvalue weighted by Gasteiger charge is -2.42. The van der Waals surface area contributed by atoms with Crippen LogP contribution in [0.25, 0.3) is 11.0 Å². The largest absolute Gasteiger partial charge is 0.474 e. The van der Waals surface area contributed by atoms with Crippen molar-refractivity contribution in [1.29, 1.82) is 0 Å². The number of aryl methyl sites for hydroxylation is 1. The van der Waals surface area contributed by atoms with Crippen LogP contribution in [0.5, 0.6) is 5.88 Å². The molecular formula is C24H30F3N7O4. The number of hydrogen-bond donors (Lipinski definition) is 2. The van der Waals surface area contributed by atoms with Crippen LogP contribution in [0.15, 0.2) is 29.3 Å². The molecule has 0 aliphatic carbocycles. The van der Waals surface area contributed by atoms with E-state index in [1.807, 2.05) is 13.0 Å². The molecule has 1 aliphatic heterocycles. The van der Waals surface area contributed by atoms with Crippen LogP contribution in [0, 0.1) is 0 Å². The second-order valence-corrected chi connectivity index (χ2v) is 9.28. The van der Waals surface area contributed by atoms with Crippen molar-refractivity contribution in [3.05, 3.63) is 40.4 Å². The normalized spacial score (nSPS) is 18.0. The first-order valence-corrected chi connectivity index (χ1v) is 12.0. The van der Waals surface area contributed by atoms with Crippen LogP contribution in [0.2, 0.25) is 0 Å². The number of urea groups is 1. The number of nitrogens with zero attached hydrogens (tertiary/aromatic N) is 5. The summed E-state index contributed by atoms with van der Waals surface area (Å²) in [5.41, 5.74) is -0.694. The van der Waals surface area contributed by atoms with E-state index in [9.17, 15) is 22.8 Å². The molecule has 2 atom stereocenters. The number of aromatic amines is 1. The number of carbonyl (C=O) groups is 1.